The predicted octanol–water partition coefficient (Wildman–Crippen LogP) is 2.68. The van der Waals surface area contributed by atoms with Gasteiger partial charge in [-0.05, 0) is 40.8 Å². The number of nitrogens with zero attached hydrogens (tertiary/aromatic N) is 6. The molecule has 1 fully saturated rings. The molecule has 0 radical (unpaired) electrons. The third-order valence-electron chi connectivity index (χ3n) is 5.30. The number of carbonyl (C=O) groups is 1. The number of benzene rings is 2. The van der Waals surface area contributed by atoms with Gasteiger partial charge in [0.2, 0.25) is 0 Å². The zero-order valence-corrected chi connectivity index (χ0v) is 17.7. The SMILES string of the molecule is O=C(COc1cccc(C(F)(F)F)c1)N1CCN(Cc2nnnn2-c2ccc(F)c(F)c2)CC1. The van der Waals surface area contributed by atoms with Gasteiger partial charge in [-0.15, -0.1) is 5.10 Å². The van der Waals surface area contributed by atoms with Crippen LogP contribution in [0.25, 0.3) is 5.69 Å². The van der Waals surface area contributed by atoms with Gasteiger partial charge in [-0.3, -0.25) is 9.69 Å². The monoisotopic (exact) mass is 482 g/mol. The molecule has 1 aromatic heterocycles. The molecular formula is C21H19F5N6O2. The molecule has 2 aromatic carbocycles. The van der Waals surface area contributed by atoms with Crippen molar-refractivity contribution in [1.82, 2.24) is 30.0 Å². The number of alkyl halides is 3. The van der Waals surface area contributed by atoms with Crippen molar-refractivity contribution in [3.63, 3.8) is 0 Å². The quantitative estimate of drug-likeness (QED) is 0.503. The summed E-state index contributed by atoms with van der Waals surface area (Å²) in [5.74, 6) is -1.96. The average Bonchev–Trinajstić information content (AvgIpc) is 3.27. The summed E-state index contributed by atoms with van der Waals surface area (Å²) in [4.78, 5) is 16.0. The van der Waals surface area contributed by atoms with Crippen molar-refractivity contribution in [1.29, 1.82) is 0 Å². The molecule has 0 saturated carbocycles. The molecule has 0 bridgehead atoms. The van der Waals surface area contributed by atoms with Crippen molar-refractivity contribution in [3.05, 3.63) is 65.5 Å². The van der Waals surface area contributed by atoms with Crippen LogP contribution < -0.4 is 4.74 Å². The molecule has 0 N–H and O–H groups in total. The molecule has 13 heteroatoms. The van der Waals surface area contributed by atoms with Gasteiger partial charge in [-0.1, -0.05) is 6.07 Å². The van der Waals surface area contributed by atoms with Crippen LogP contribution in [0.4, 0.5) is 22.0 Å². The van der Waals surface area contributed by atoms with E-state index in [1.165, 1.54) is 22.9 Å². The van der Waals surface area contributed by atoms with Gasteiger partial charge >= 0.3 is 6.18 Å². The van der Waals surface area contributed by atoms with Crippen LogP contribution in [0.15, 0.2) is 42.5 Å². The highest BCUT2D eigenvalue weighted by Gasteiger charge is 2.31. The predicted molar refractivity (Wildman–Crippen MR) is 108 cm³/mol. The first-order valence-electron chi connectivity index (χ1n) is 10.2. The van der Waals surface area contributed by atoms with Crippen LogP contribution in [0, 0.1) is 11.6 Å². The summed E-state index contributed by atoms with van der Waals surface area (Å²) in [6.45, 7) is 1.65. The Morgan fingerprint density at radius 3 is 2.47 bits per heavy atom. The van der Waals surface area contributed by atoms with E-state index in [9.17, 15) is 26.7 Å². The van der Waals surface area contributed by atoms with Crippen molar-refractivity contribution in [2.75, 3.05) is 32.8 Å². The molecule has 34 heavy (non-hydrogen) atoms. The summed E-state index contributed by atoms with van der Waals surface area (Å²) in [6.07, 6.45) is -4.50. The molecule has 0 atom stereocenters. The summed E-state index contributed by atoms with van der Waals surface area (Å²) in [5.41, 5.74) is -0.573. The Hall–Kier alpha value is -3.61. The first kappa shape index (κ1) is 23.5. The maximum Gasteiger partial charge on any atom is 0.416 e. The number of hydrogen-bond acceptors (Lipinski definition) is 6. The largest absolute Gasteiger partial charge is 0.484 e. The van der Waals surface area contributed by atoms with E-state index in [4.69, 9.17) is 4.74 Å². The molecule has 1 amide bonds. The number of halogens is 5. The normalized spacial score (nSPS) is 14.9. The molecule has 0 unspecified atom stereocenters. The van der Waals surface area contributed by atoms with Gasteiger partial charge < -0.3 is 9.64 Å². The Labute approximate surface area is 190 Å². The van der Waals surface area contributed by atoms with Crippen molar-refractivity contribution >= 4 is 5.91 Å². The molecule has 4 rings (SSSR count). The first-order valence-corrected chi connectivity index (χ1v) is 10.2. The average molecular weight is 482 g/mol. The number of rotatable bonds is 6. The standard InChI is InChI=1S/C21H19F5N6O2/c22-17-5-4-15(11-18(17)23)32-19(27-28-29-32)12-30-6-8-31(9-7-30)20(33)13-34-16-3-1-2-14(10-16)21(24,25)26/h1-5,10-11H,6-9,12-13H2. The number of ether oxygens (including phenoxy) is 1. The van der Waals surface area contributed by atoms with E-state index in [-0.39, 0.29) is 24.0 Å². The molecule has 2 heterocycles. The number of tetrazole rings is 1. The molecule has 0 aliphatic carbocycles. The second-order valence-electron chi connectivity index (χ2n) is 7.58. The Kier molecular flexibility index (Phi) is 6.72. The Bertz CT molecular complexity index is 1160. The highest BCUT2D eigenvalue weighted by atomic mass is 19.4. The first-order chi connectivity index (χ1) is 16.2. The molecule has 8 nitrogen and oxygen atoms in total. The lowest BCUT2D eigenvalue weighted by molar-refractivity contribution is -0.137. The van der Waals surface area contributed by atoms with Gasteiger partial charge in [0.1, 0.15) is 5.75 Å². The lowest BCUT2D eigenvalue weighted by Gasteiger charge is -2.34. The summed E-state index contributed by atoms with van der Waals surface area (Å²) in [7, 11) is 0. The van der Waals surface area contributed by atoms with Gasteiger partial charge in [-0.25, -0.2) is 8.78 Å². The van der Waals surface area contributed by atoms with Crippen LogP contribution in [0.3, 0.4) is 0 Å². The minimum absolute atomic E-state index is 0.0362. The molecule has 0 spiro atoms. The van der Waals surface area contributed by atoms with Crippen LogP contribution in [0.2, 0.25) is 0 Å². The van der Waals surface area contributed by atoms with E-state index in [2.05, 4.69) is 15.5 Å². The van der Waals surface area contributed by atoms with Crippen molar-refractivity contribution < 1.29 is 31.5 Å². The lowest BCUT2D eigenvalue weighted by atomic mass is 10.2. The molecule has 1 saturated heterocycles. The smallest absolute Gasteiger partial charge is 0.416 e. The maximum absolute atomic E-state index is 13.6. The van der Waals surface area contributed by atoms with Crippen molar-refractivity contribution in [2.24, 2.45) is 0 Å². The minimum atomic E-state index is -4.50. The number of hydrogen-bond donors (Lipinski definition) is 0. The molecule has 180 valence electrons. The Morgan fingerprint density at radius 1 is 1.00 bits per heavy atom. The summed E-state index contributed by atoms with van der Waals surface area (Å²) >= 11 is 0. The van der Waals surface area contributed by atoms with Crippen LogP contribution in [-0.4, -0.2) is 68.7 Å². The van der Waals surface area contributed by atoms with Crippen LogP contribution in [0.5, 0.6) is 5.75 Å². The van der Waals surface area contributed by atoms with Gasteiger partial charge in [0.15, 0.2) is 24.1 Å². The zero-order valence-electron chi connectivity index (χ0n) is 17.7. The summed E-state index contributed by atoms with van der Waals surface area (Å²) in [5, 5.41) is 11.4. The minimum Gasteiger partial charge on any atom is -0.484 e. The van der Waals surface area contributed by atoms with E-state index < -0.39 is 23.4 Å². The van der Waals surface area contributed by atoms with Crippen molar-refractivity contribution in [3.8, 4) is 11.4 Å². The van der Waals surface area contributed by atoms with E-state index in [1.807, 2.05) is 4.90 Å². The second kappa shape index (κ2) is 9.71. The molecule has 1 aliphatic rings. The van der Waals surface area contributed by atoms with E-state index in [1.54, 1.807) is 4.90 Å². The van der Waals surface area contributed by atoms with E-state index in [0.717, 1.165) is 24.3 Å². The Morgan fingerprint density at radius 2 is 1.76 bits per heavy atom. The van der Waals surface area contributed by atoms with Gasteiger partial charge in [-0.2, -0.15) is 17.9 Å². The summed E-state index contributed by atoms with van der Waals surface area (Å²) < 4.78 is 71.7. The number of piperazine rings is 1. The fraction of sp³-hybridized carbons (Fsp3) is 0.333. The van der Waals surface area contributed by atoms with Crippen molar-refractivity contribution in [2.45, 2.75) is 12.7 Å². The lowest BCUT2D eigenvalue weighted by Crippen LogP contribution is -2.49. The number of carbonyl (C=O) groups excluding carboxylic acids is 1. The fourth-order valence-corrected chi connectivity index (χ4v) is 3.48. The van der Waals surface area contributed by atoms with Gasteiger partial charge in [0.05, 0.1) is 17.8 Å². The highest BCUT2D eigenvalue weighted by molar-refractivity contribution is 5.77. The maximum atomic E-state index is 13.6. The van der Waals surface area contributed by atoms with Crippen LogP contribution in [0.1, 0.15) is 11.4 Å². The van der Waals surface area contributed by atoms with E-state index in [0.29, 0.717) is 38.5 Å². The topological polar surface area (TPSA) is 76.4 Å². The van der Waals surface area contributed by atoms with Gasteiger partial charge in [0.25, 0.3) is 5.91 Å². The number of amides is 1. The third-order valence-corrected chi connectivity index (χ3v) is 5.30. The van der Waals surface area contributed by atoms with Gasteiger partial charge in [0, 0.05) is 32.2 Å². The fourth-order valence-electron chi connectivity index (χ4n) is 3.48. The highest BCUT2D eigenvalue weighted by Crippen LogP contribution is 2.31. The van der Waals surface area contributed by atoms with Crippen LogP contribution in [-0.2, 0) is 17.5 Å². The summed E-state index contributed by atoms with van der Waals surface area (Å²) in [6, 6.07) is 7.70. The molecular weight excluding hydrogens is 463 g/mol. The second-order valence-corrected chi connectivity index (χ2v) is 7.58. The third kappa shape index (κ3) is 5.47. The van der Waals surface area contributed by atoms with E-state index >= 15 is 0 Å². The molecule has 1 aliphatic heterocycles. The zero-order chi connectivity index (χ0) is 24.3. The Balaban J connectivity index is 1.29. The van der Waals surface area contributed by atoms with Crippen LogP contribution >= 0.6 is 0 Å². The number of aromatic nitrogens is 4. The molecule has 3 aromatic rings.